The molecule has 0 heterocycles. The first-order chi connectivity index (χ1) is 10.5. The van der Waals surface area contributed by atoms with Crippen molar-refractivity contribution in [2.24, 2.45) is 0 Å². The molecule has 0 aliphatic rings. The zero-order chi connectivity index (χ0) is 19.2. The molecule has 0 fully saturated rings. The predicted molar refractivity (Wildman–Crippen MR) is 68.1 cm³/mol. The highest BCUT2D eigenvalue weighted by Gasteiger charge is 2.20. The average Bonchev–Trinajstić information content (AvgIpc) is 2.40. The van der Waals surface area contributed by atoms with Crippen molar-refractivity contribution < 1.29 is 15.8 Å². The van der Waals surface area contributed by atoms with Crippen molar-refractivity contribution in [1.29, 1.82) is 0 Å². The van der Waals surface area contributed by atoms with Gasteiger partial charge in [0.2, 0.25) is 0 Å². The van der Waals surface area contributed by atoms with Crippen molar-refractivity contribution in [3.63, 3.8) is 0 Å². The second-order valence-corrected chi connectivity index (χ2v) is 4.65. The van der Waals surface area contributed by atoms with Gasteiger partial charge in [-0.1, -0.05) is 23.7 Å². The van der Waals surface area contributed by atoms with Crippen LogP contribution in [-0.2, 0) is 0 Å². The van der Waals surface area contributed by atoms with Crippen molar-refractivity contribution in [3.8, 4) is 0 Å². The fraction of sp³-hybridized carbons (Fsp3) is 0.462. The van der Waals surface area contributed by atoms with Gasteiger partial charge in [-0.25, -0.2) is 0 Å². The van der Waals surface area contributed by atoms with Crippen LogP contribution in [0.3, 0.4) is 0 Å². The Hall–Kier alpha value is -0.860. The quantitative estimate of drug-likeness (QED) is 0.831. The van der Waals surface area contributed by atoms with Gasteiger partial charge in [-0.2, -0.15) is 0 Å². The highest BCUT2D eigenvalue weighted by atomic mass is 35.5. The lowest BCUT2D eigenvalue weighted by Gasteiger charge is -2.25. The maximum absolute atomic E-state index is 12.8. The monoisotopic (exact) mass is 247 g/mol. The second kappa shape index (κ2) is 4.98. The van der Waals surface area contributed by atoms with Gasteiger partial charge in [-0.3, -0.25) is 4.79 Å². The van der Waals surface area contributed by atoms with Crippen LogP contribution in [0, 0.1) is 0 Å². The number of carbonyl (C=O) groups excluding carboxylic acids is 1. The van der Waals surface area contributed by atoms with Gasteiger partial charge >= 0.3 is 0 Å². The summed E-state index contributed by atoms with van der Waals surface area (Å²) in [4.78, 5) is 12.8. The predicted octanol–water partition coefficient (Wildman–Crippen LogP) is 3.30. The van der Waals surface area contributed by atoms with E-state index in [1.54, 1.807) is 20.8 Å². The highest BCUT2D eigenvalue weighted by Crippen LogP contribution is 2.13. The summed E-state index contributed by atoms with van der Waals surface area (Å²) in [5, 5.41) is 1.88. The number of nitrogens with one attached hydrogen (secondary N) is 1. The van der Waals surface area contributed by atoms with Gasteiger partial charge in [0.1, 0.15) is 0 Å². The summed E-state index contributed by atoms with van der Waals surface area (Å²) in [7, 11) is 0. The second-order valence-electron chi connectivity index (χ2n) is 4.27. The minimum Gasteiger partial charge on any atom is -0.303 e. The van der Waals surface area contributed by atoms with Gasteiger partial charge in [0, 0.05) is 20.2 Å². The van der Waals surface area contributed by atoms with Crippen LogP contribution >= 0.6 is 11.6 Å². The highest BCUT2D eigenvalue weighted by molar-refractivity contribution is 6.31. The van der Waals surface area contributed by atoms with Crippen LogP contribution in [-0.4, -0.2) is 17.3 Å². The first-order valence-corrected chi connectivity index (χ1v) is 5.02. The molecular weight excluding hydrogens is 222 g/mol. The van der Waals surface area contributed by atoms with Crippen LogP contribution in [0.1, 0.15) is 48.9 Å². The molecule has 0 aromatic heterocycles. The third-order valence-corrected chi connectivity index (χ3v) is 1.74. The largest absolute Gasteiger partial charge is 0.303 e. The van der Waals surface area contributed by atoms with E-state index >= 15 is 0 Å². The lowest BCUT2D eigenvalue weighted by atomic mass is 10.0. The summed E-state index contributed by atoms with van der Waals surface area (Å²) in [5.41, 5.74) is -1.69. The summed E-state index contributed by atoms with van der Waals surface area (Å²) in [5.74, 6) is -1.36. The molecule has 1 rings (SSSR count). The van der Waals surface area contributed by atoms with Gasteiger partial charge in [-0.15, -0.1) is 0 Å². The van der Waals surface area contributed by atoms with Gasteiger partial charge in [0.05, 0.1) is 12.9 Å². The molecule has 16 heavy (non-hydrogen) atoms. The van der Waals surface area contributed by atoms with E-state index in [9.17, 15) is 4.79 Å². The smallest absolute Gasteiger partial charge is 0.179 e. The maximum atomic E-state index is 12.8. The van der Waals surface area contributed by atoms with E-state index in [0.29, 0.717) is 0 Å². The third kappa shape index (κ3) is 3.95. The average molecular weight is 248 g/mol. The number of ketones is 1. The van der Waals surface area contributed by atoms with E-state index in [1.807, 2.05) is 0 Å². The molecule has 1 atom stereocenters. The molecule has 1 aromatic carbocycles. The van der Waals surface area contributed by atoms with Crippen LogP contribution in [0.15, 0.2) is 24.2 Å². The maximum Gasteiger partial charge on any atom is 0.179 e. The lowest BCUT2D eigenvalue weighted by molar-refractivity contribution is 0.0936. The molecule has 0 amide bonds. The van der Waals surface area contributed by atoms with Crippen LogP contribution in [0.4, 0.5) is 0 Å². The molecule has 3 heteroatoms. The van der Waals surface area contributed by atoms with E-state index in [2.05, 4.69) is 5.32 Å². The zero-order valence-electron chi connectivity index (χ0n) is 17.3. The Morgan fingerprint density at radius 1 is 1.62 bits per heavy atom. The molecule has 0 aliphatic heterocycles. The van der Waals surface area contributed by atoms with Gasteiger partial charge in [0.25, 0.3) is 0 Å². The number of carbonyl (C=O) groups is 1. The van der Waals surface area contributed by atoms with Crippen LogP contribution in [0.5, 0.6) is 0 Å². The minimum atomic E-state index is -3.11. The molecule has 0 aliphatic carbocycles. The molecule has 2 nitrogen and oxygen atoms in total. The van der Waals surface area contributed by atoms with Crippen molar-refractivity contribution in [2.45, 2.75) is 39.2 Å². The van der Waals surface area contributed by atoms with E-state index in [4.69, 9.17) is 22.6 Å². The topological polar surface area (TPSA) is 29.1 Å². The summed E-state index contributed by atoms with van der Waals surface area (Å²) in [6, 6.07) is -5.67. The van der Waals surface area contributed by atoms with Crippen molar-refractivity contribution in [1.82, 2.24) is 5.32 Å². The molecule has 0 saturated heterocycles. The Balaban J connectivity index is 3.70. The molecule has 0 radical (unpaired) electrons. The van der Waals surface area contributed by atoms with Crippen LogP contribution < -0.4 is 5.32 Å². The third-order valence-electron chi connectivity index (χ3n) is 1.55. The van der Waals surface area contributed by atoms with E-state index in [-0.39, 0.29) is 0 Å². The SMILES string of the molecule is [2H]c1c([2H])c(Cl)c([2H])c(C(=O)[C@@]([2H])(NC(C)(C)C)C([2H])([2H])[2H])c1[2H]. The Morgan fingerprint density at radius 2 is 2.31 bits per heavy atom. The normalized spacial score (nSPS) is 23.5. The first-order valence-electron chi connectivity index (χ1n) is 8.64. The van der Waals surface area contributed by atoms with Crippen molar-refractivity contribution in [2.75, 3.05) is 0 Å². The Bertz CT molecular complexity index is 653. The summed E-state index contributed by atoms with van der Waals surface area (Å²) < 4.78 is 61.7. The van der Waals surface area contributed by atoms with Crippen LogP contribution in [0.2, 0.25) is 5.02 Å². The van der Waals surface area contributed by atoms with Gasteiger partial charge < -0.3 is 5.32 Å². The van der Waals surface area contributed by atoms with Crippen LogP contribution in [0.25, 0.3) is 0 Å². The summed E-state index contributed by atoms with van der Waals surface area (Å²) in [6.45, 7) is 1.58. The first kappa shape index (κ1) is 5.65. The lowest BCUT2D eigenvalue weighted by Crippen LogP contribution is -2.46. The van der Waals surface area contributed by atoms with E-state index < -0.39 is 58.9 Å². The molecule has 1 aromatic rings. The zero-order valence-corrected chi connectivity index (χ0v) is 10.0. The standard InChI is InChI=1S/C13H18ClNO/c1-9(15-13(2,3)4)12(16)10-6-5-7-11(14)8-10/h5-9,15H,1-4H3/t9-/m0/s1/i1D3,5D,6D,7D,8D,9D. The summed E-state index contributed by atoms with van der Waals surface area (Å²) in [6.07, 6.45) is 0. The van der Waals surface area contributed by atoms with Gasteiger partial charge in [0.15, 0.2) is 5.78 Å². The van der Waals surface area contributed by atoms with Crippen molar-refractivity contribution in [3.05, 3.63) is 34.8 Å². The molecule has 88 valence electrons. The summed E-state index contributed by atoms with van der Waals surface area (Å²) >= 11 is 5.75. The van der Waals surface area contributed by atoms with E-state index in [0.717, 1.165) is 0 Å². The van der Waals surface area contributed by atoms with Crippen molar-refractivity contribution >= 4 is 17.4 Å². The number of halogens is 1. The molecule has 1 N–H and O–H groups in total. The molecule has 0 unspecified atom stereocenters. The molecule has 0 spiro atoms. The molecular formula is C13H18ClNO. The Morgan fingerprint density at radius 3 is 2.88 bits per heavy atom. The number of benzene rings is 1. The Kier molecular flexibility index (Phi) is 1.76. The molecule has 0 bridgehead atoms. The molecule has 0 saturated carbocycles. The number of hydrogen-bond donors (Lipinski definition) is 1. The fourth-order valence-electron chi connectivity index (χ4n) is 0.991. The fourth-order valence-corrected chi connectivity index (χ4v) is 1.13. The van der Waals surface area contributed by atoms with Gasteiger partial charge in [-0.05, 0) is 39.7 Å². The number of rotatable bonds is 3. The number of Topliss-reactive ketones (excluding diaryl/α,β-unsaturated/α-hetero) is 1. The number of hydrogen-bond acceptors (Lipinski definition) is 2. The Labute approximate surface area is 113 Å². The van der Waals surface area contributed by atoms with E-state index in [1.165, 1.54) is 0 Å². The minimum absolute atomic E-state index is 0.539.